The van der Waals surface area contributed by atoms with E-state index in [-0.39, 0.29) is 5.82 Å². The second-order valence-corrected chi connectivity index (χ2v) is 2.81. The Morgan fingerprint density at radius 3 is 2.85 bits per heavy atom. The van der Waals surface area contributed by atoms with E-state index in [9.17, 15) is 4.39 Å². The van der Waals surface area contributed by atoms with Crippen LogP contribution in [0.2, 0.25) is 0 Å². The summed E-state index contributed by atoms with van der Waals surface area (Å²) >= 11 is 0. The molecule has 3 heteroatoms. The first-order valence-electron chi connectivity index (χ1n) is 4.25. The Hall–Kier alpha value is -1.09. The van der Waals surface area contributed by atoms with E-state index in [2.05, 4.69) is 5.32 Å². The SMILES string of the molecule is CNCCc1cc(F)ccc1OC. The fraction of sp³-hybridized carbons (Fsp3) is 0.400. The first-order chi connectivity index (χ1) is 6.27. The van der Waals surface area contributed by atoms with Crippen molar-refractivity contribution in [3.63, 3.8) is 0 Å². The van der Waals surface area contributed by atoms with Crippen LogP contribution in [-0.2, 0) is 6.42 Å². The molecular formula is C10H14FNO. The Balaban J connectivity index is 2.81. The van der Waals surface area contributed by atoms with Crippen LogP contribution < -0.4 is 10.1 Å². The molecule has 0 saturated heterocycles. The molecule has 0 aromatic heterocycles. The number of hydrogen-bond donors (Lipinski definition) is 1. The summed E-state index contributed by atoms with van der Waals surface area (Å²) in [5.74, 6) is 0.531. The summed E-state index contributed by atoms with van der Waals surface area (Å²) in [7, 11) is 3.46. The first-order valence-corrected chi connectivity index (χ1v) is 4.25. The van der Waals surface area contributed by atoms with E-state index in [1.54, 1.807) is 13.2 Å². The fourth-order valence-electron chi connectivity index (χ4n) is 1.20. The molecule has 1 aromatic rings. The summed E-state index contributed by atoms with van der Waals surface area (Å²) < 4.78 is 17.9. The first kappa shape index (κ1) is 9.99. The lowest BCUT2D eigenvalue weighted by Crippen LogP contribution is -2.11. The van der Waals surface area contributed by atoms with Gasteiger partial charge in [-0.15, -0.1) is 0 Å². The van der Waals surface area contributed by atoms with Gasteiger partial charge in [0.15, 0.2) is 0 Å². The summed E-state index contributed by atoms with van der Waals surface area (Å²) in [5.41, 5.74) is 0.900. The van der Waals surface area contributed by atoms with Gasteiger partial charge in [-0.1, -0.05) is 0 Å². The molecule has 0 atom stereocenters. The molecule has 0 bridgehead atoms. The maximum absolute atomic E-state index is 12.8. The molecule has 0 aliphatic heterocycles. The Morgan fingerprint density at radius 2 is 2.23 bits per heavy atom. The third-order valence-electron chi connectivity index (χ3n) is 1.89. The summed E-state index contributed by atoms with van der Waals surface area (Å²) in [6, 6.07) is 4.57. The smallest absolute Gasteiger partial charge is 0.123 e. The molecule has 72 valence electrons. The number of nitrogens with one attached hydrogen (secondary N) is 1. The van der Waals surface area contributed by atoms with Crippen LogP contribution in [0.25, 0.3) is 0 Å². The molecule has 0 aliphatic carbocycles. The zero-order valence-electron chi connectivity index (χ0n) is 7.93. The molecule has 0 aliphatic rings. The van der Waals surface area contributed by atoms with Crippen LogP contribution in [0.3, 0.4) is 0 Å². The van der Waals surface area contributed by atoms with Gasteiger partial charge in [-0.3, -0.25) is 0 Å². The van der Waals surface area contributed by atoms with E-state index in [0.29, 0.717) is 0 Å². The average molecular weight is 183 g/mol. The van der Waals surface area contributed by atoms with Crippen LogP contribution >= 0.6 is 0 Å². The van der Waals surface area contributed by atoms with Crippen molar-refractivity contribution in [2.24, 2.45) is 0 Å². The van der Waals surface area contributed by atoms with Gasteiger partial charge in [0.05, 0.1) is 7.11 Å². The number of benzene rings is 1. The monoisotopic (exact) mass is 183 g/mol. The normalized spacial score (nSPS) is 10.1. The van der Waals surface area contributed by atoms with Gasteiger partial charge in [-0.05, 0) is 43.8 Å². The lowest BCUT2D eigenvalue weighted by Gasteiger charge is -2.07. The van der Waals surface area contributed by atoms with Crippen LogP contribution in [0.15, 0.2) is 18.2 Å². The molecular weight excluding hydrogens is 169 g/mol. The minimum atomic E-state index is -0.216. The molecule has 1 rings (SSSR count). The summed E-state index contributed by atoms with van der Waals surface area (Å²) in [4.78, 5) is 0. The van der Waals surface area contributed by atoms with Crippen LogP contribution in [0.5, 0.6) is 5.75 Å². The molecule has 0 radical (unpaired) electrons. The predicted octanol–water partition coefficient (Wildman–Crippen LogP) is 1.60. The molecule has 0 unspecified atom stereocenters. The van der Waals surface area contributed by atoms with Crippen molar-refractivity contribution in [1.82, 2.24) is 5.32 Å². The fourth-order valence-corrected chi connectivity index (χ4v) is 1.20. The van der Waals surface area contributed by atoms with E-state index < -0.39 is 0 Å². The third kappa shape index (κ3) is 2.70. The van der Waals surface area contributed by atoms with Crippen molar-refractivity contribution in [2.45, 2.75) is 6.42 Å². The Labute approximate surface area is 77.7 Å². The standard InChI is InChI=1S/C10H14FNO/c1-12-6-5-8-7-9(11)3-4-10(8)13-2/h3-4,7,12H,5-6H2,1-2H3. The molecule has 0 saturated carbocycles. The molecule has 13 heavy (non-hydrogen) atoms. The maximum Gasteiger partial charge on any atom is 0.123 e. The van der Waals surface area contributed by atoms with Crippen LogP contribution in [0.1, 0.15) is 5.56 Å². The second-order valence-electron chi connectivity index (χ2n) is 2.81. The van der Waals surface area contributed by atoms with E-state index in [1.807, 2.05) is 7.05 Å². The quantitative estimate of drug-likeness (QED) is 0.765. The van der Waals surface area contributed by atoms with Gasteiger partial charge < -0.3 is 10.1 Å². The van der Waals surface area contributed by atoms with Crippen molar-refractivity contribution in [3.8, 4) is 5.75 Å². The number of likely N-dealkylation sites (N-methyl/N-ethyl adjacent to an activating group) is 1. The van der Waals surface area contributed by atoms with Gasteiger partial charge in [-0.2, -0.15) is 0 Å². The van der Waals surface area contributed by atoms with Crippen molar-refractivity contribution >= 4 is 0 Å². The minimum Gasteiger partial charge on any atom is -0.496 e. The zero-order chi connectivity index (χ0) is 9.68. The van der Waals surface area contributed by atoms with Crippen LogP contribution in [-0.4, -0.2) is 20.7 Å². The van der Waals surface area contributed by atoms with E-state index >= 15 is 0 Å². The lowest BCUT2D eigenvalue weighted by molar-refractivity contribution is 0.408. The molecule has 0 amide bonds. The summed E-state index contributed by atoms with van der Waals surface area (Å²) in [6.07, 6.45) is 0.775. The van der Waals surface area contributed by atoms with Crippen molar-refractivity contribution < 1.29 is 9.13 Å². The zero-order valence-corrected chi connectivity index (χ0v) is 7.93. The number of methoxy groups -OCH3 is 1. The lowest BCUT2D eigenvalue weighted by atomic mass is 10.1. The third-order valence-corrected chi connectivity index (χ3v) is 1.89. The molecule has 2 nitrogen and oxygen atoms in total. The molecule has 1 aromatic carbocycles. The van der Waals surface area contributed by atoms with Gasteiger partial charge in [0.1, 0.15) is 11.6 Å². The molecule has 0 heterocycles. The topological polar surface area (TPSA) is 21.3 Å². The van der Waals surface area contributed by atoms with Gasteiger partial charge in [0, 0.05) is 0 Å². The molecule has 0 spiro atoms. The van der Waals surface area contributed by atoms with E-state index in [1.165, 1.54) is 12.1 Å². The van der Waals surface area contributed by atoms with Gasteiger partial charge in [0.25, 0.3) is 0 Å². The molecule has 0 fully saturated rings. The van der Waals surface area contributed by atoms with Crippen molar-refractivity contribution in [3.05, 3.63) is 29.6 Å². The second kappa shape index (κ2) is 4.82. The van der Waals surface area contributed by atoms with Gasteiger partial charge in [0.2, 0.25) is 0 Å². The predicted molar refractivity (Wildman–Crippen MR) is 50.6 cm³/mol. The Morgan fingerprint density at radius 1 is 1.46 bits per heavy atom. The van der Waals surface area contributed by atoms with Crippen molar-refractivity contribution in [1.29, 1.82) is 0 Å². The van der Waals surface area contributed by atoms with E-state index in [4.69, 9.17) is 4.74 Å². The molecule has 1 N–H and O–H groups in total. The highest BCUT2D eigenvalue weighted by molar-refractivity contribution is 5.34. The Bertz CT molecular complexity index is 276. The number of hydrogen-bond acceptors (Lipinski definition) is 2. The van der Waals surface area contributed by atoms with Crippen LogP contribution in [0.4, 0.5) is 4.39 Å². The highest BCUT2D eigenvalue weighted by Gasteiger charge is 2.03. The summed E-state index contributed by atoms with van der Waals surface area (Å²) in [5, 5.41) is 3.01. The number of ether oxygens (including phenoxy) is 1. The average Bonchev–Trinajstić information content (AvgIpc) is 2.15. The van der Waals surface area contributed by atoms with Gasteiger partial charge >= 0.3 is 0 Å². The van der Waals surface area contributed by atoms with E-state index in [0.717, 1.165) is 24.3 Å². The highest BCUT2D eigenvalue weighted by Crippen LogP contribution is 2.19. The summed E-state index contributed by atoms with van der Waals surface area (Å²) in [6.45, 7) is 0.819. The maximum atomic E-state index is 12.8. The number of halogens is 1. The largest absolute Gasteiger partial charge is 0.496 e. The highest BCUT2D eigenvalue weighted by atomic mass is 19.1. The van der Waals surface area contributed by atoms with Crippen molar-refractivity contribution in [2.75, 3.05) is 20.7 Å². The number of rotatable bonds is 4. The van der Waals surface area contributed by atoms with Gasteiger partial charge in [-0.25, -0.2) is 4.39 Å². The minimum absolute atomic E-state index is 0.216. The van der Waals surface area contributed by atoms with Crippen LogP contribution in [0, 0.1) is 5.82 Å². The Kier molecular flexibility index (Phi) is 3.71.